The van der Waals surface area contributed by atoms with E-state index < -0.39 is 4.92 Å². The van der Waals surface area contributed by atoms with Crippen molar-refractivity contribution in [2.45, 2.75) is 0 Å². The second-order valence-electron chi connectivity index (χ2n) is 3.32. The van der Waals surface area contributed by atoms with Crippen LogP contribution in [0.2, 0.25) is 0 Å². The zero-order valence-electron chi connectivity index (χ0n) is 9.11. The maximum atomic E-state index is 10.6. The SMILES string of the molecule is N#Cc1ncccc1Oc1cccc([N+](=O)[O-])c1. The molecule has 0 saturated carbocycles. The molecule has 6 heteroatoms. The first kappa shape index (κ1) is 11.5. The number of ether oxygens (including phenoxy) is 1. The second kappa shape index (κ2) is 4.93. The fourth-order valence-electron chi connectivity index (χ4n) is 1.34. The molecule has 0 amide bonds. The van der Waals surface area contributed by atoms with Crippen LogP contribution in [0.1, 0.15) is 5.69 Å². The molecule has 0 aliphatic rings. The third-order valence-electron chi connectivity index (χ3n) is 2.13. The fraction of sp³-hybridized carbons (Fsp3) is 0. The molecular weight excluding hydrogens is 234 g/mol. The molecule has 0 unspecified atom stereocenters. The van der Waals surface area contributed by atoms with Crippen LogP contribution >= 0.6 is 0 Å². The fourth-order valence-corrected chi connectivity index (χ4v) is 1.34. The molecule has 0 aliphatic carbocycles. The topological polar surface area (TPSA) is 89.0 Å². The summed E-state index contributed by atoms with van der Waals surface area (Å²) < 4.78 is 5.40. The Hall–Kier alpha value is -2.94. The van der Waals surface area contributed by atoms with Crippen molar-refractivity contribution < 1.29 is 9.66 Å². The van der Waals surface area contributed by atoms with Crippen LogP contribution in [-0.4, -0.2) is 9.91 Å². The molecule has 0 aliphatic heterocycles. The molecule has 88 valence electrons. The van der Waals surface area contributed by atoms with Crippen molar-refractivity contribution in [3.63, 3.8) is 0 Å². The van der Waals surface area contributed by atoms with Crippen LogP contribution in [-0.2, 0) is 0 Å². The van der Waals surface area contributed by atoms with Crippen LogP contribution in [0.25, 0.3) is 0 Å². The Balaban J connectivity index is 2.32. The highest BCUT2D eigenvalue weighted by Gasteiger charge is 2.09. The smallest absolute Gasteiger partial charge is 0.273 e. The van der Waals surface area contributed by atoms with Gasteiger partial charge < -0.3 is 4.74 Å². The van der Waals surface area contributed by atoms with Crippen LogP contribution in [0.3, 0.4) is 0 Å². The molecule has 0 bridgehead atoms. The van der Waals surface area contributed by atoms with Crippen molar-refractivity contribution >= 4 is 5.69 Å². The van der Waals surface area contributed by atoms with E-state index in [2.05, 4.69) is 4.98 Å². The highest BCUT2D eigenvalue weighted by Crippen LogP contribution is 2.26. The predicted octanol–water partition coefficient (Wildman–Crippen LogP) is 2.65. The van der Waals surface area contributed by atoms with Gasteiger partial charge in [0.15, 0.2) is 11.4 Å². The maximum absolute atomic E-state index is 10.6. The molecule has 0 fully saturated rings. The Labute approximate surface area is 102 Å². The van der Waals surface area contributed by atoms with Crippen LogP contribution in [0.4, 0.5) is 5.69 Å². The Morgan fingerprint density at radius 1 is 1.33 bits per heavy atom. The van der Waals surface area contributed by atoms with Crippen LogP contribution in [0, 0.1) is 21.4 Å². The van der Waals surface area contributed by atoms with Crippen molar-refractivity contribution in [3.8, 4) is 17.6 Å². The molecule has 2 rings (SSSR count). The number of rotatable bonds is 3. The third-order valence-corrected chi connectivity index (χ3v) is 2.13. The summed E-state index contributed by atoms with van der Waals surface area (Å²) >= 11 is 0. The summed E-state index contributed by atoms with van der Waals surface area (Å²) in [5.41, 5.74) is 0.0545. The zero-order chi connectivity index (χ0) is 13.0. The van der Waals surface area contributed by atoms with Gasteiger partial charge in [-0.25, -0.2) is 4.98 Å². The Kier molecular flexibility index (Phi) is 3.16. The van der Waals surface area contributed by atoms with Gasteiger partial charge in [0, 0.05) is 12.3 Å². The number of nitriles is 1. The molecule has 0 N–H and O–H groups in total. The van der Waals surface area contributed by atoms with Gasteiger partial charge in [-0.2, -0.15) is 5.26 Å². The van der Waals surface area contributed by atoms with Gasteiger partial charge in [0.25, 0.3) is 5.69 Å². The minimum Gasteiger partial charge on any atom is -0.454 e. The molecule has 1 aromatic heterocycles. The van der Waals surface area contributed by atoms with Crippen molar-refractivity contribution in [2.75, 3.05) is 0 Å². The molecule has 0 saturated heterocycles. The summed E-state index contributed by atoms with van der Waals surface area (Å²) in [6.07, 6.45) is 1.47. The number of hydrogen-bond acceptors (Lipinski definition) is 5. The summed E-state index contributed by atoms with van der Waals surface area (Å²) in [6.45, 7) is 0. The molecule has 18 heavy (non-hydrogen) atoms. The van der Waals surface area contributed by atoms with Gasteiger partial charge in [-0.1, -0.05) is 6.07 Å². The molecule has 1 aromatic carbocycles. The lowest BCUT2D eigenvalue weighted by Gasteiger charge is -2.05. The zero-order valence-corrected chi connectivity index (χ0v) is 9.11. The quantitative estimate of drug-likeness (QED) is 0.608. The van der Waals surface area contributed by atoms with E-state index >= 15 is 0 Å². The van der Waals surface area contributed by atoms with E-state index in [1.165, 1.54) is 24.4 Å². The summed E-state index contributed by atoms with van der Waals surface area (Å²) in [5.74, 6) is 0.550. The molecule has 1 heterocycles. The van der Waals surface area contributed by atoms with Crippen molar-refractivity contribution in [3.05, 3.63) is 58.4 Å². The number of benzene rings is 1. The third kappa shape index (κ3) is 2.41. The van der Waals surface area contributed by atoms with Crippen molar-refractivity contribution in [1.82, 2.24) is 4.98 Å². The Bertz CT molecular complexity index is 634. The monoisotopic (exact) mass is 241 g/mol. The van der Waals surface area contributed by atoms with E-state index in [9.17, 15) is 10.1 Å². The number of aromatic nitrogens is 1. The lowest BCUT2D eigenvalue weighted by atomic mass is 10.3. The second-order valence-corrected chi connectivity index (χ2v) is 3.32. The Morgan fingerprint density at radius 3 is 2.89 bits per heavy atom. The van der Waals surface area contributed by atoms with Crippen LogP contribution in [0.15, 0.2) is 42.6 Å². The summed E-state index contributed by atoms with van der Waals surface area (Å²) in [6, 6.07) is 10.8. The number of nitrogens with zero attached hydrogens (tertiary/aromatic N) is 3. The number of nitro benzene ring substituents is 1. The first-order chi connectivity index (χ1) is 8.70. The van der Waals surface area contributed by atoms with Gasteiger partial charge >= 0.3 is 0 Å². The first-order valence-corrected chi connectivity index (χ1v) is 4.98. The molecule has 0 atom stereocenters. The van der Waals surface area contributed by atoms with E-state index in [4.69, 9.17) is 10.00 Å². The van der Waals surface area contributed by atoms with Gasteiger partial charge in [-0.3, -0.25) is 10.1 Å². The lowest BCUT2D eigenvalue weighted by molar-refractivity contribution is -0.384. The molecule has 2 aromatic rings. The van der Waals surface area contributed by atoms with Gasteiger partial charge in [-0.05, 0) is 18.2 Å². The minimum atomic E-state index is -0.513. The maximum Gasteiger partial charge on any atom is 0.273 e. The summed E-state index contributed by atoms with van der Waals surface area (Å²) in [4.78, 5) is 13.9. The molecule has 0 radical (unpaired) electrons. The van der Waals surface area contributed by atoms with Gasteiger partial charge in [0.2, 0.25) is 0 Å². The summed E-state index contributed by atoms with van der Waals surface area (Å²) in [7, 11) is 0. The summed E-state index contributed by atoms with van der Waals surface area (Å²) in [5, 5.41) is 19.5. The number of non-ortho nitro benzene ring substituents is 1. The minimum absolute atomic E-state index is 0.0742. The molecular formula is C12H7N3O3. The van der Waals surface area contributed by atoms with E-state index in [1.807, 2.05) is 6.07 Å². The van der Waals surface area contributed by atoms with Gasteiger partial charge in [0.1, 0.15) is 11.8 Å². The average molecular weight is 241 g/mol. The molecule has 6 nitrogen and oxygen atoms in total. The van der Waals surface area contributed by atoms with E-state index in [-0.39, 0.29) is 22.9 Å². The molecule has 0 spiro atoms. The Morgan fingerprint density at radius 2 is 2.17 bits per heavy atom. The van der Waals surface area contributed by atoms with Gasteiger partial charge in [0.05, 0.1) is 11.0 Å². The van der Waals surface area contributed by atoms with E-state index in [0.29, 0.717) is 0 Å². The standard InChI is InChI=1S/C12H7N3O3/c13-8-11-12(5-2-6-14-11)18-10-4-1-3-9(7-10)15(16)17/h1-7H. The average Bonchev–Trinajstić information content (AvgIpc) is 2.39. The van der Waals surface area contributed by atoms with E-state index in [1.54, 1.807) is 18.2 Å². The predicted molar refractivity (Wildman–Crippen MR) is 62.1 cm³/mol. The largest absolute Gasteiger partial charge is 0.454 e. The van der Waals surface area contributed by atoms with Gasteiger partial charge in [-0.15, -0.1) is 0 Å². The van der Waals surface area contributed by atoms with Crippen LogP contribution in [0.5, 0.6) is 11.5 Å². The number of pyridine rings is 1. The number of nitro groups is 1. The first-order valence-electron chi connectivity index (χ1n) is 4.98. The highest BCUT2D eigenvalue weighted by molar-refractivity contribution is 5.43. The van der Waals surface area contributed by atoms with Crippen molar-refractivity contribution in [2.24, 2.45) is 0 Å². The normalized spacial score (nSPS) is 9.50. The lowest BCUT2D eigenvalue weighted by Crippen LogP contribution is -1.92. The van der Waals surface area contributed by atoms with E-state index in [0.717, 1.165) is 0 Å². The van der Waals surface area contributed by atoms with Crippen molar-refractivity contribution in [1.29, 1.82) is 5.26 Å². The van der Waals surface area contributed by atoms with Crippen LogP contribution < -0.4 is 4.74 Å². The number of hydrogen-bond donors (Lipinski definition) is 0. The highest BCUT2D eigenvalue weighted by atomic mass is 16.6.